The molecule has 2 aromatic rings. The lowest BCUT2D eigenvalue weighted by Crippen LogP contribution is -2.50. The first kappa shape index (κ1) is 25.0. The molecule has 0 spiro atoms. The second-order valence-corrected chi connectivity index (χ2v) is 8.18. The van der Waals surface area contributed by atoms with Crippen molar-refractivity contribution in [2.24, 2.45) is 0 Å². The number of benzene rings is 2. The number of hydrogen-bond acceptors (Lipinski definition) is 7. The molecule has 1 amide bonds. The van der Waals surface area contributed by atoms with Crippen molar-refractivity contribution in [1.82, 2.24) is 5.32 Å². The SMILES string of the molecule is COc1ccc(CC(NC(=O)OCc2ccccc2)C(O)C(=O)OC(C)(C)C)cc1OC. The zero-order valence-electron chi connectivity index (χ0n) is 19.1. The van der Waals surface area contributed by atoms with Crippen molar-refractivity contribution >= 4 is 12.1 Å². The van der Waals surface area contributed by atoms with Crippen LogP contribution in [0.4, 0.5) is 4.79 Å². The van der Waals surface area contributed by atoms with Crippen LogP contribution in [-0.4, -0.2) is 49.1 Å². The highest BCUT2D eigenvalue weighted by Gasteiger charge is 2.32. The molecule has 8 nitrogen and oxygen atoms in total. The molecule has 2 aromatic carbocycles. The first-order valence-electron chi connectivity index (χ1n) is 10.2. The first-order chi connectivity index (χ1) is 15.1. The Morgan fingerprint density at radius 3 is 2.22 bits per heavy atom. The van der Waals surface area contributed by atoms with Crippen LogP contribution >= 0.6 is 0 Å². The molecule has 2 rings (SSSR count). The number of carbonyl (C=O) groups excluding carboxylic acids is 2. The zero-order chi connectivity index (χ0) is 23.7. The average Bonchev–Trinajstić information content (AvgIpc) is 2.76. The number of esters is 1. The predicted octanol–water partition coefficient (Wildman–Crippen LogP) is 3.24. The number of rotatable bonds is 9. The van der Waals surface area contributed by atoms with Crippen molar-refractivity contribution in [3.63, 3.8) is 0 Å². The lowest BCUT2D eigenvalue weighted by Gasteiger charge is -2.27. The van der Waals surface area contributed by atoms with Crippen molar-refractivity contribution in [3.05, 3.63) is 59.7 Å². The van der Waals surface area contributed by atoms with Crippen LogP contribution in [0.5, 0.6) is 11.5 Å². The van der Waals surface area contributed by atoms with Gasteiger partial charge in [0, 0.05) is 0 Å². The Labute approximate surface area is 188 Å². The summed E-state index contributed by atoms with van der Waals surface area (Å²) in [6, 6.07) is 13.4. The van der Waals surface area contributed by atoms with E-state index in [0.717, 1.165) is 5.56 Å². The molecule has 32 heavy (non-hydrogen) atoms. The third-order valence-corrected chi connectivity index (χ3v) is 4.45. The van der Waals surface area contributed by atoms with E-state index in [-0.39, 0.29) is 13.0 Å². The summed E-state index contributed by atoms with van der Waals surface area (Å²) in [7, 11) is 3.03. The molecule has 8 heteroatoms. The Kier molecular flexibility index (Phi) is 8.90. The van der Waals surface area contributed by atoms with Gasteiger partial charge in [0.25, 0.3) is 0 Å². The summed E-state index contributed by atoms with van der Waals surface area (Å²) < 4.78 is 21.1. The highest BCUT2D eigenvalue weighted by molar-refractivity contribution is 5.77. The second-order valence-electron chi connectivity index (χ2n) is 8.18. The third-order valence-electron chi connectivity index (χ3n) is 4.45. The largest absolute Gasteiger partial charge is 0.493 e. The van der Waals surface area contributed by atoms with Gasteiger partial charge in [0.15, 0.2) is 17.6 Å². The minimum absolute atomic E-state index is 0.0539. The van der Waals surface area contributed by atoms with Crippen LogP contribution in [0, 0.1) is 0 Å². The number of nitrogens with one attached hydrogen (secondary N) is 1. The van der Waals surface area contributed by atoms with Crippen molar-refractivity contribution < 1.29 is 33.6 Å². The molecule has 0 aliphatic heterocycles. The van der Waals surface area contributed by atoms with Gasteiger partial charge in [0.05, 0.1) is 20.3 Å². The fraction of sp³-hybridized carbons (Fsp3) is 0.417. The molecule has 0 saturated carbocycles. The summed E-state index contributed by atoms with van der Waals surface area (Å²) in [6.07, 6.45) is -2.24. The second kappa shape index (κ2) is 11.4. The van der Waals surface area contributed by atoms with Gasteiger partial charge in [-0.05, 0) is 50.5 Å². The van der Waals surface area contributed by atoms with Gasteiger partial charge in [-0.1, -0.05) is 36.4 Å². The summed E-state index contributed by atoms with van der Waals surface area (Å²) in [5.41, 5.74) is 0.727. The van der Waals surface area contributed by atoms with Crippen molar-refractivity contribution in [2.45, 2.75) is 51.5 Å². The van der Waals surface area contributed by atoms with Gasteiger partial charge in [-0.25, -0.2) is 9.59 Å². The van der Waals surface area contributed by atoms with Gasteiger partial charge in [0.2, 0.25) is 0 Å². The van der Waals surface area contributed by atoms with E-state index in [9.17, 15) is 14.7 Å². The van der Waals surface area contributed by atoms with Gasteiger partial charge < -0.3 is 29.4 Å². The quantitative estimate of drug-likeness (QED) is 0.571. The van der Waals surface area contributed by atoms with Gasteiger partial charge in [-0.3, -0.25) is 0 Å². The van der Waals surface area contributed by atoms with Crippen LogP contribution < -0.4 is 14.8 Å². The van der Waals surface area contributed by atoms with Gasteiger partial charge >= 0.3 is 12.1 Å². The van der Waals surface area contributed by atoms with Crippen LogP contribution in [0.3, 0.4) is 0 Å². The monoisotopic (exact) mass is 445 g/mol. The van der Waals surface area contributed by atoms with Crippen LogP contribution in [0.2, 0.25) is 0 Å². The van der Waals surface area contributed by atoms with E-state index in [1.165, 1.54) is 14.2 Å². The van der Waals surface area contributed by atoms with Crippen LogP contribution in [0.1, 0.15) is 31.9 Å². The molecule has 0 aliphatic carbocycles. The van der Waals surface area contributed by atoms with E-state index < -0.39 is 29.8 Å². The molecular formula is C24H31NO7. The van der Waals surface area contributed by atoms with Crippen LogP contribution in [0.15, 0.2) is 48.5 Å². The number of hydrogen-bond donors (Lipinski definition) is 2. The molecule has 0 radical (unpaired) electrons. The average molecular weight is 446 g/mol. The summed E-state index contributed by atoms with van der Waals surface area (Å²) in [4.78, 5) is 24.9. The standard InChI is InChI=1S/C24H31NO7/c1-24(2,3)32-22(27)21(26)18(13-17-11-12-19(29-4)20(14-17)30-5)25-23(28)31-15-16-9-7-6-8-10-16/h6-12,14,18,21,26H,13,15H2,1-5H3,(H,25,28). The zero-order valence-corrected chi connectivity index (χ0v) is 19.1. The maximum atomic E-state index is 12.5. The van der Waals surface area contributed by atoms with E-state index in [4.69, 9.17) is 18.9 Å². The Morgan fingerprint density at radius 1 is 0.969 bits per heavy atom. The number of methoxy groups -OCH3 is 2. The van der Waals surface area contributed by atoms with E-state index in [2.05, 4.69) is 5.32 Å². The topological polar surface area (TPSA) is 103 Å². The smallest absolute Gasteiger partial charge is 0.407 e. The maximum Gasteiger partial charge on any atom is 0.407 e. The fourth-order valence-corrected chi connectivity index (χ4v) is 2.95. The lowest BCUT2D eigenvalue weighted by molar-refractivity contribution is -0.166. The van der Waals surface area contributed by atoms with Gasteiger partial charge in [-0.15, -0.1) is 0 Å². The Balaban J connectivity index is 2.16. The number of alkyl carbamates (subject to hydrolysis) is 1. The summed E-state index contributed by atoms with van der Waals surface area (Å²) >= 11 is 0. The normalized spacial score (nSPS) is 12.9. The molecule has 174 valence electrons. The van der Waals surface area contributed by atoms with E-state index in [0.29, 0.717) is 17.1 Å². The molecule has 0 fully saturated rings. The molecule has 2 atom stereocenters. The number of ether oxygens (including phenoxy) is 4. The molecule has 0 bridgehead atoms. The summed E-state index contributed by atoms with van der Waals surface area (Å²) in [6.45, 7) is 5.14. The van der Waals surface area contributed by atoms with Crippen molar-refractivity contribution in [1.29, 1.82) is 0 Å². The highest BCUT2D eigenvalue weighted by atomic mass is 16.6. The molecule has 2 N–H and O–H groups in total. The maximum absolute atomic E-state index is 12.5. The third kappa shape index (κ3) is 7.77. The summed E-state index contributed by atoms with van der Waals surface area (Å²) in [5, 5.41) is 13.2. The fourth-order valence-electron chi connectivity index (χ4n) is 2.95. The van der Waals surface area contributed by atoms with E-state index in [1.54, 1.807) is 39.0 Å². The molecule has 0 saturated heterocycles. The number of aliphatic hydroxyl groups excluding tert-OH is 1. The van der Waals surface area contributed by atoms with Gasteiger partial charge in [-0.2, -0.15) is 0 Å². The van der Waals surface area contributed by atoms with Crippen LogP contribution in [0.25, 0.3) is 0 Å². The minimum Gasteiger partial charge on any atom is -0.493 e. The lowest BCUT2D eigenvalue weighted by atomic mass is 10.0. The van der Waals surface area contributed by atoms with E-state index >= 15 is 0 Å². The summed E-state index contributed by atoms with van der Waals surface area (Å²) in [5.74, 6) is 0.184. The molecule has 0 heterocycles. The number of aliphatic hydroxyl groups is 1. The van der Waals surface area contributed by atoms with Crippen molar-refractivity contribution in [2.75, 3.05) is 14.2 Å². The molecular weight excluding hydrogens is 414 g/mol. The van der Waals surface area contributed by atoms with Gasteiger partial charge in [0.1, 0.15) is 12.2 Å². The van der Waals surface area contributed by atoms with E-state index in [1.807, 2.05) is 30.3 Å². The Hall–Kier alpha value is -3.26. The highest BCUT2D eigenvalue weighted by Crippen LogP contribution is 2.28. The number of amides is 1. The Bertz CT molecular complexity index is 893. The first-order valence-corrected chi connectivity index (χ1v) is 10.2. The molecule has 0 aromatic heterocycles. The Morgan fingerprint density at radius 2 is 1.62 bits per heavy atom. The van der Waals surface area contributed by atoms with Crippen LogP contribution in [-0.2, 0) is 27.3 Å². The van der Waals surface area contributed by atoms with Crippen molar-refractivity contribution in [3.8, 4) is 11.5 Å². The molecule has 0 aliphatic rings. The predicted molar refractivity (Wildman–Crippen MR) is 119 cm³/mol. The number of carbonyl (C=O) groups is 2. The molecule has 2 unspecified atom stereocenters. The minimum atomic E-state index is -1.61.